The van der Waals surface area contributed by atoms with Crippen molar-refractivity contribution < 1.29 is 28.6 Å². The first kappa shape index (κ1) is 67.8. The average molecular weight is 992 g/mol. The Labute approximate surface area is 440 Å². The van der Waals surface area contributed by atoms with Gasteiger partial charge in [0.2, 0.25) is 0 Å². The molecule has 0 amide bonds. The van der Waals surface area contributed by atoms with Crippen LogP contribution < -0.4 is 0 Å². The van der Waals surface area contributed by atoms with Crippen LogP contribution in [0.5, 0.6) is 0 Å². The van der Waals surface area contributed by atoms with E-state index in [4.69, 9.17) is 14.2 Å². The summed E-state index contributed by atoms with van der Waals surface area (Å²) in [6, 6.07) is 0. The molecule has 0 bridgehead atoms. The lowest BCUT2D eigenvalue weighted by atomic mass is 10.0. The first-order chi connectivity index (χ1) is 35.0. The topological polar surface area (TPSA) is 78.9 Å². The molecule has 6 nitrogen and oxygen atoms in total. The van der Waals surface area contributed by atoms with Gasteiger partial charge in [0.25, 0.3) is 0 Å². The molecule has 410 valence electrons. The first-order valence-corrected chi connectivity index (χ1v) is 30.4. The van der Waals surface area contributed by atoms with Crippen molar-refractivity contribution in [2.45, 2.75) is 309 Å². The minimum atomic E-state index is -0.806. The molecule has 0 rings (SSSR count). The fourth-order valence-corrected chi connectivity index (χ4v) is 8.65. The van der Waals surface area contributed by atoms with Crippen LogP contribution in [0.25, 0.3) is 0 Å². The maximum Gasteiger partial charge on any atom is 0.306 e. The van der Waals surface area contributed by atoms with Crippen LogP contribution in [0.15, 0.2) is 72.9 Å². The van der Waals surface area contributed by atoms with Crippen molar-refractivity contribution in [3.05, 3.63) is 72.9 Å². The normalized spacial score (nSPS) is 12.5. The molecule has 1 atom stereocenters. The number of esters is 3. The number of carbonyl (C=O) groups is 3. The van der Waals surface area contributed by atoms with E-state index in [0.717, 1.165) is 77.0 Å². The standard InChI is InChI=1S/C65H114O6/c1-4-7-10-13-16-19-22-25-28-31-32-35-37-40-43-46-49-52-55-58-64(67)70-61-62(71-65(68)59-56-53-50-47-44-41-38-34-30-27-24-21-18-15-12-9-6-3)60-69-63(66)57-54-51-48-45-42-39-36-33-29-26-23-20-17-14-11-8-5-2/h9,12,18,21,26-27,29-30,38,41,47,50,62H,4-8,10-11,13-17,19-20,22-25,28,31-37,39-40,42-46,48-49,51-61H2,1-3H3/b12-9+,21-18+,29-26+,30-27+,41-38+,50-47+/t62-/m1/s1. The Bertz CT molecular complexity index is 1320. The van der Waals surface area contributed by atoms with E-state index in [2.05, 4.69) is 93.7 Å². The van der Waals surface area contributed by atoms with Gasteiger partial charge in [-0.2, -0.15) is 0 Å². The molecule has 0 saturated heterocycles. The Morgan fingerprint density at radius 3 is 0.915 bits per heavy atom. The molecule has 0 aliphatic heterocycles. The molecule has 0 unspecified atom stereocenters. The summed E-state index contributed by atoms with van der Waals surface area (Å²) in [5, 5.41) is 0. The second kappa shape index (κ2) is 59.4. The van der Waals surface area contributed by atoms with Crippen LogP contribution >= 0.6 is 0 Å². The number of unbranched alkanes of at least 4 members (excludes halogenated alkanes) is 32. The third-order valence-electron chi connectivity index (χ3n) is 13.2. The van der Waals surface area contributed by atoms with Crippen LogP contribution in [0.2, 0.25) is 0 Å². The van der Waals surface area contributed by atoms with Gasteiger partial charge in [0, 0.05) is 19.3 Å². The molecular weight excluding hydrogens is 877 g/mol. The molecule has 0 spiro atoms. The van der Waals surface area contributed by atoms with Crippen molar-refractivity contribution in [1.82, 2.24) is 0 Å². The molecule has 0 aliphatic carbocycles. The summed E-state index contributed by atoms with van der Waals surface area (Å²) in [5.74, 6) is -0.947. The largest absolute Gasteiger partial charge is 0.462 e. The molecule has 0 fully saturated rings. The van der Waals surface area contributed by atoms with Gasteiger partial charge >= 0.3 is 17.9 Å². The summed E-state index contributed by atoms with van der Waals surface area (Å²) in [4.78, 5) is 38.2. The van der Waals surface area contributed by atoms with Crippen LogP contribution in [-0.2, 0) is 28.6 Å². The number of allylic oxidation sites excluding steroid dienone is 12. The van der Waals surface area contributed by atoms with Gasteiger partial charge in [-0.3, -0.25) is 14.4 Å². The highest BCUT2D eigenvalue weighted by molar-refractivity contribution is 5.71. The summed E-state index contributed by atoms with van der Waals surface area (Å²) in [6.45, 7) is 6.51. The van der Waals surface area contributed by atoms with Gasteiger partial charge in [-0.25, -0.2) is 0 Å². The summed E-state index contributed by atoms with van der Waals surface area (Å²) in [7, 11) is 0. The van der Waals surface area contributed by atoms with Gasteiger partial charge < -0.3 is 14.2 Å². The summed E-state index contributed by atoms with van der Waals surface area (Å²) >= 11 is 0. The second-order valence-electron chi connectivity index (χ2n) is 20.2. The molecule has 0 radical (unpaired) electrons. The summed E-state index contributed by atoms with van der Waals surface area (Å²) in [5.41, 5.74) is 0. The van der Waals surface area contributed by atoms with E-state index in [1.54, 1.807) is 0 Å². The minimum Gasteiger partial charge on any atom is -0.462 e. The van der Waals surface area contributed by atoms with Crippen molar-refractivity contribution >= 4 is 17.9 Å². The molecule has 0 aromatic heterocycles. The fraction of sp³-hybridized carbons (Fsp3) is 0.769. The van der Waals surface area contributed by atoms with E-state index in [1.807, 2.05) is 0 Å². The Morgan fingerprint density at radius 1 is 0.296 bits per heavy atom. The molecular formula is C65H114O6. The minimum absolute atomic E-state index is 0.0966. The quantitative estimate of drug-likeness (QED) is 0.0261. The lowest BCUT2D eigenvalue weighted by molar-refractivity contribution is -0.167. The van der Waals surface area contributed by atoms with E-state index in [9.17, 15) is 14.4 Å². The van der Waals surface area contributed by atoms with Crippen molar-refractivity contribution in [3.8, 4) is 0 Å². The molecule has 0 aliphatic rings. The van der Waals surface area contributed by atoms with Crippen LogP contribution in [0, 0.1) is 0 Å². The molecule has 0 saturated carbocycles. The Morgan fingerprint density at radius 2 is 0.563 bits per heavy atom. The third-order valence-corrected chi connectivity index (χ3v) is 13.2. The Kier molecular flexibility index (Phi) is 56.8. The number of rotatable bonds is 55. The predicted octanol–water partition coefficient (Wildman–Crippen LogP) is 20.5. The Hall–Kier alpha value is -3.15. The number of ether oxygens (including phenoxy) is 3. The average Bonchev–Trinajstić information content (AvgIpc) is 3.37. The van der Waals surface area contributed by atoms with Crippen molar-refractivity contribution in [2.24, 2.45) is 0 Å². The van der Waals surface area contributed by atoms with Gasteiger partial charge in [-0.15, -0.1) is 0 Å². The summed E-state index contributed by atoms with van der Waals surface area (Å²) in [6.07, 6.45) is 76.2. The summed E-state index contributed by atoms with van der Waals surface area (Å²) < 4.78 is 16.9. The van der Waals surface area contributed by atoms with Gasteiger partial charge in [-0.05, 0) is 83.5 Å². The van der Waals surface area contributed by atoms with Gasteiger partial charge in [-0.1, -0.05) is 273 Å². The van der Waals surface area contributed by atoms with Crippen molar-refractivity contribution in [3.63, 3.8) is 0 Å². The number of hydrogen-bond donors (Lipinski definition) is 0. The highest BCUT2D eigenvalue weighted by atomic mass is 16.6. The molecule has 0 aromatic carbocycles. The molecule has 0 aromatic rings. The SMILES string of the molecule is CC/C=C/C/C=C/C/C=C/C/C=C/C/C=C/CCCC(=O)O[C@H](COC(=O)CCCCCCCCC/C=C/CCCCCCCC)COC(=O)CCCCCCCCCCCCCCCCCCCCC. The predicted molar refractivity (Wildman–Crippen MR) is 307 cm³/mol. The highest BCUT2D eigenvalue weighted by Crippen LogP contribution is 2.16. The van der Waals surface area contributed by atoms with E-state index in [0.29, 0.717) is 19.3 Å². The second-order valence-corrected chi connectivity index (χ2v) is 20.2. The molecule has 0 N–H and O–H groups in total. The first-order valence-electron chi connectivity index (χ1n) is 30.4. The molecule has 71 heavy (non-hydrogen) atoms. The monoisotopic (exact) mass is 991 g/mol. The lowest BCUT2D eigenvalue weighted by Crippen LogP contribution is -2.30. The van der Waals surface area contributed by atoms with Gasteiger partial charge in [0.15, 0.2) is 6.10 Å². The van der Waals surface area contributed by atoms with Crippen molar-refractivity contribution in [1.29, 1.82) is 0 Å². The Balaban J connectivity index is 4.43. The van der Waals surface area contributed by atoms with Crippen molar-refractivity contribution in [2.75, 3.05) is 13.2 Å². The highest BCUT2D eigenvalue weighted by Gasteiger charge is 2.19. The zero-order valence-corrected chi connectivity index (χ0v) is 47.0. The van der Waals surface area contributed by atoms with Crippen LogP contribution in [0.4, 0.5) is 0 Å². The van der Waals surface area contributed by atoms with E-state index in [-0.39, 0.29) is 37.5 Å². The maximum atomic E-state index is 12.9. The smallest absolute Gasteiger partial charge is 0.306 e. The number of hydrogen-bond acceptors (Lipinski definition) is 6. The third kappa shape index (κ3) is 57.6. The zero-order valence-electron chi connectivity index (χ0n) is 47.0. The van der Waals surface area contributed by atoms with Crippen LogP contribution in [-0.4, -0.2) is 37.2 Å². The lowest BCUT2D eigenvalue weighted by Gasteiger charge is -2.18. The van der Waals surface area contributed by atoms with Crippen LogP contribution in [0.3, 0.4) is 0 Å². The molecule has 0 heterocycles. The van der Waals surface area contributed by atoms with E-state index >= 15 is 0 Å². The fourth-order valence-electron chi connectivity index (χ4n) is 8.65. The van der Waals surface area contributed by atoms with Crippen LogP contribution in [0.1, 0.15) is 303 Å². The van der Waals surface area contributed by atoms with Gasteiger partial charge in [0.1, 0.15) is 13.2 Å². The zero-order chi connectivity index (χ0) is 51.4. The van der Waals surface area contributed by atoms with E-state index in [1.165, 1.54) is 180 Å². The van der Waals surface area contributed by atoms with Gasteiger partial charge in [0.05, 0.1) is 0 Å². The van der Waals surface area contributed by atoms with E-state index < -0.39 is 6.10 Å². The molecule has 6 heteroatoms. The number of carbonyl (C=O) groups excluding carboxylic acids is 3. The maximum absolute atomic E-state index is 12.9.